The number of thiazole rings is 1. The fourth-order valence-corrected chi connectivity index (χ4v) is 4.21. The zero-order valence-corrected chi connectivity index (χ0v) is 18.4. The van der Waals surface area contributed by atoms with Gasteiger partial charge >= 0.3 is 0 Å². The van der Waals surface area contributed by atoms with Gasteiger partial charge in [0.2, 0.25) is 0 Å². The Morgan fingerprint density at radius 1 is 0.828 bits per heavy atom. The summed E-state index contributed by atoms with van der Waals surface area (Å²) in [6.45, 7) is 5.07. The molecule has 2 nitrogen and oxygen atoms in total. The van der Waals surface area contributed by atoms with Gasteiger partial charge in [-0.2, -0.15) is 0 Å². The lowest BCUT2D eigenvalue weighted by Gasteiger charge is -2.06. The van der Waals surface area contributed by atoms with E-state index in [2.05, 4.69) is 67.4 Å². The summed E-state index contributed by atoms with van der Waals surface area (Å²) in [4.78, 5) is 5.93. The van der Waals surface area contributed by atoms with Gasteiger partial charge in [0.05, 0.1) is 0 Å². The van der Waals surface area contributed by atoms with Crippen LogP contribution in [0.2, 0.25) is 0 Å². The number of unbranched alkanes of at least 4 members (excludes halogenated alkanes) is 3. The molecule has 1 heterocycles. The summed E-state index contributed by atoms with van der Waals surface area (Å²) in [5.74, 6) is 0.912. The molecule has 0 aliphatic rings. The molecule has 0 radical (unpaired) electrons. The number of benzene rings is 2. The largest absolute Gasteiger partial charge is 0.490 e. The molecule has 0 saturated heterocycles. The van der Waals surface area contributed by atoms with E-state index in [4.69, 9.17) is 4.74 Å². The van der Waals surface area contributed by atoms with Crippen molar-refractivity contribution in [3.8, 4) is 27.4 Å². The maximum Gasteiger partial charge on any atom is 0.123 e. The molecule has 1 aromatic heterocycles. The minimum absolute atomic E-state index is 0.633. The summed E-state index contributed by atoms with van der Waals surface area (Å²) in [6, 6.07) is 17.0. The second-order valence-corrected chi connectivity index (χ2v) is 8.38. The molecule has 0 aliphatic carbocycles. The first kappa shape index (κ1) is 21.3. The Balaban J connectivity index is 1.54. The third-order valence-corrected chi connectivity index (χ3v) is 5.96. The number of ether oxygens (including phenoxy) is 1. The molecular formula is C26H31NOS. The number of aromatic nitrogens is 1. The molecule has 0 bridgehead atoms. The van der Waals surface area contributed by atoms with Crippen molar-refractivity contribution in [1.29, 1.82) is 0 Å². The molecule has 0 spiro atoms. The van der Waals surface area contributed by atoms with Crippen molar-refractivity contribution in [2.45, 2.75) is 52.4 Å². The van der Waals surface area contributed by atoms with Crippen molar-refractivity contribution < 1.29 is 4.74 Å². The normalized spacial score (nSPS) is 11.2. The topological polar surface area (TPSA) is 22.1 Å². The van der Waals surface area contributed by atoms with Gasteiger partial charge in [-0.3, -0.25) is 0 Å². The third kappa shape index (κ3) is 6.57. The van der Waals surface area contributed by atoms with Crippen LogP contribution < -0.4 is 4.74 Å². The Morgan fingerprint density at radius 3 is 2.21 bits per heavy atom. The summed E-state index contributed by atoms with van der Waals surface area (Å²) in [5.41, 5.74) is 3.60. The van der Waals surface area contributed by atoms with Crippen LogP contribution in [0.3, 0.4) is 0 Å². The molecule has 0 unspecified atom stereocenters. The smallest absolute Gasteiger partial charge is 0.123 e. The maximum absolute atomic E-state index is 5.81. The van der Waals surface area contributed by atoms with Crippen molar-refractivity contribution in [2.75, 3.05) is 6.61 Å². The highest BCUT2D eigenvalue weighted by atomic mass is 32.1. The zero-order chi connectivity index (χ0) is 20.3. The quantitative estimate of drug-likeness (QED) is 0.238. The maximum atomic E-state index is 5.81. The Bertz CT molecular complexity index is 878. The van der Waals surface area contributed by atoms with Gasteiger partial charge in [0, 0.05) is 16.6 Å². The van der Waals surface area contributed by atoms with Crippen molar-refractivity contribution in [3.63, 3.8) is 0 Å². The number of nitrogens with zero attached hydrogens (tertiary/aromatic N) is 1. The molecule has 152 valence electrons. The van der Waals surface area contributed by atoms with E-state index >= 15 is 0 Å². The summed E-state index contributed by atoms with van der Waals surface area (Å²) in [7, 11) is 0. The molecule has 0 atom stereocenters. The number of allylic oxidation sites excluding steroid dienone is 1. The Morgan fingerprint density at radius 2 is 1.52 bits per heavy atom. The van der Waals surface area contributed by atoms with E-state index in [9.17, 15) is 0 Å². The monoisotopic (exact) mass is 405 g/mol. The predicted molar refractivity (Wildman–Crippen MR) is 126 cm³/mol. The van der Waals surface area contributed by atoms with Gasteiger partial charge in [0.1, 0.15) is 17.4 Å². The van der Waals surface area contributed by atoms with Crippen LogP contribution in [0.5, 0.6) is 5.75 Å². The Kier molecular flexibility index (Phi) is 8.51. The van der Waals surface area contributed by atoms with Crippen LogP contribution in [0.25, 0.3) is 21.7 Å². The minimum atomic E-state index is 0.633. The lowest BCUT2D eigenvalue weighted by atomic mass is 10.0. The van der Waals surface area contributed by atoms with Crippen LogP contribution in [0, 0.1) is 0 Å². The van der Waals surface area contributed by atoms with Crippen molar-refractivity contribution >= 4 is 11.3 Å². The molecule has 0 amide bonds. The van der Waals surface area contributed by atoms with Gasteiger partial charge in [0.25, 0.3) is 0 Å². The molecule has 3 aromatic rings. The van der Waals surface area contributed by atoms with Crippen LogP contribution >= 0.6 is 11.3 Å². The molecule has 0 fully saturated rings. The average Bonchev–Trinajstić information content (AvgIpc) is 3.23. The average molecular weight is 406 g/mol. The summed E-state index contributed by atoms with van der Waals surface area (Å²) >= 11 is 1.80. The van der Waals surface area contributed by atoms with Gasteiger partial charge < -0.3 is 4.74 Å². The van der Waals surface area contributed by atoms with Gasteiger partial charge in [-0.1, -0.05) is 81.7 Å². The fourth-order valence-electron chi connectivity index (χ4n) is 3.19. The standard InChI is InChI=1S/C26H31NOS/c1-3-5-6-7-8-9-19-28-24-17-15-22(16-18-24)21-11-13-23(14-12-21)26-27-20-25(29-26)10-4-2/h8-9,11-18,20H,3-7,10,19H2,1-2H3/b9-8+. The van der Waals surface area contributed by atoms with Crippen LogP contribution in [0.1, 0.15) is 50.8 Å². The van der Waals surface area contributed by atoms with Crippen molar-refractivity contribution in [3.05, 3.63) is 71.8 Å². The number of hydrogen-bond acceptors (Lipinski definition) is 3. The third-order valence-electron chi connectivity index (χ3n) is 4.86. The Hall–Kier alpha value is -2.39. The second-order valence-electron chi connectivity index (χ2n) is 7.26. The zero-order valence-electron chi connectivity index (χ0n) is 17.6. The first-order chi connectivity index (χ1) is 14.3. The first-order valence-electron chi connectivity index (χ1n) is 10.7. The molecule has 2 aromatic carbocycles. The van der Waals surface area contributed by atoms with Gasteiger partial charge in [-0.25, -0.2) is 4.98 Å². The molecule has 0 N–H and O–H groups in total. The summed E-state index contributed by atoms with van der Waals surface area (Å²) < 4.78 is 5.81. The highest BCUT2D eigenvalue weighted by Gasteiger charge is 2.05. The van der Waals surface area contributed by atoms with Gasteiger partial charge in [0.15, 0.2) is 0 Å². The van der Waals surface area contributed by atoms with Crippen LogP contribution in [-0.4, -0.2) is 11.6 Å². The van der Waals surface area contributed by atoms with E-state index in [0.717, 1.165) is 30.0 Å². The highest BCUT2D eigenvalue weighted by molar-refractivity contribution is 7.15. The van der Waals surface area contributed by atoms with Crippen molar-refractivity contribution in [2.24, 2.45) is 0 Å². The highest BCUT2D eigenvalue weighted by Crippen LogP contribution is 2.29. The lowest BCUT2D eigenvalue weighted by molar-refractivity contribution is 0.362. The van der Waals surface area contributed by atoms with Crippen LogP contribution in [-0.2, 0) is 6.42 Å². The molecular weight excluding hydrogens is 374 g/mol. The molecule has 0 saturated carbocycles. The molecule has 29 heavy (non-hydrogen) atoms. The van der Waals surface area contributed by atoms with E-state index in [1.807, 2.05) is 18.3 Å². The second kappa shape index (κ2) is 11.6. The summed E-state index contributed by atoms with van der Waals surface area (Å²) in [6.07, 6.45) is 13.6. The SMILES string of the molecule is CCCCC/C=C/COc1ccc(-c2ccc(-c3ncc(CCC)s3)cc2)cc1. The van der Waals surface area contributed by atoms with E-state index in [1.165, 1.54) is 40.8 Å². The molecule has 3 rings (SSSR count). The number of hydrogen-bond donors (Lipinski definition) is 0. The summed E-state index contributed by atoms with van der Waals surface area (Å²) in [5, 5.41) is 1.10. The number of aryl methyl sites for hydroxylation is 1. The van der Waals surface area contributed by atoms with Gasteiger partial charge in [-0.15, -0.1) is 11.3 Å². The van der Waals surface area contributed by atoms with Crippen LogP contribution in [0.15, 0.2) is 66.9 Å². The first-order valence-corrected chi connectivity index (χ1v) is 11.5. The fraction of sp³-hybridized carbons (Fsp3) is 0.346. The van der Waals surface area contributed by atoms with Crippen LogP contribution in [0.4, 0.5) is 0 Å². The van der Waals surface area contributed by atoms with E-state index in [-0.39, 0.29) is 0 Å². The molecule has 3 heteroatoms. The lowest BCUT2D eigenvalue weighted by Crippen LogP contribution is -1.93. The van der Waals surface area contributed by atoms with E-state index in [1.54, 1.807) is 11.3 Å². The minimum Gasteiger partial charge on any atom is -0.490 e. The Labute approximate surface area is 179 Å². The van der Waals surface area contributed by atoms with E-state index < -0.39 is 0 Å². The predicted octanol–water partition coefficient (Wildman–Crippen LogP) is 7.94. The van der Waals surface area contributed by atoms with Gasteiger partial charge in [-0.05, 0) is 42.5 Å². The molecule has 0 aliphatic heterocycles. The number of rotatable bonds is 11. The van der Waals surface area contributed by atoms with Crippen molar-refractivity contribution in [1.82, 2.24) is 4.98 Å². The van der Waals surface area contributed by atoms with E-state index in [0.29, 0.717) is 6.61 Å².